The van der Waals surface area contributed by atoms with Crippen molar-refractivity contribution in [1.29, 1.82) is 0 Å². The molecule has 1 saturated heterocycles. The average molecular weight is 540 g/mol. The molecule has 9 nitrogen and oxygen atoms in total. The molecule has 1 fully saturated rings. The van der Waals surface area contributed by atoms with Gasteiger partial charge >= 0.3 is 0 Å². The van der Waals surface area contributed by atoms with Crippen LogP contribution in [-0.2, 0) is 14.8 Å². The topological polar surface area (TPSA) is 96.8 Å². The Morgan fingerprint density at radius 3 is 2.62 bits per heavy atom. The summed E-state index contributed by atoms with van der Waals surface area (Å²) < 4.78 is 35.1. The molecule has 37 heavy (non-hydrogen) atoms. The standard InChI is InChI=1S/C26H29N5O4S2/c1-18-17-29(21-4-7-23(8-5-21)37(33,34)28-26-27-11-15-36-26)13-14-30(18)25(32)19(2)31-12-10-20-16-22(35-3)6-9-24(20)31/h4-12,15-16,18-19H,13-14,17H2,1-3H3,(H,27,28). The number of carbonyl (C=O) groups is 1. The van der Waals surface area contributed by atoms with Crippen LogP contribution in [0.4, 0.5) is 10.8 Å². The Bertz CT molecular complexity index is 1500. The van der Waals surface area contributed by atoms with Crippen molar-refractivity contribution in [2.75, 3.05) is 36.4 Å². The fraction of sp³-hybridized carbons (Fsp3) is 0.308. The lowest BCUT2D eigenvalue weighted by Gasteiger charge is -2.42. The van der Waals surface area contributed by atoms with Gasteiger partial charge in [-0.15, -0.1) is 11.3 Å². The van der Waals surface area contributed by atoms with Crippen LogP contribution in [0.1, 0.15) is 19.9 Å². The van der Waals surface area contributed by atoms with Gasteiger partial charge in [-0.1, -0.05) is 0 Å². The molecule has 4 aromatic rings. The van der Waals surface area contributed by atoms with E-state index in [1.54, 1.807) is 30.8 Å². The summed E-state index contributed by atoms with van der Waals surface area (Å²) in [5, 5.41) is 3.08. The van der Waals surface area contributed by atoms with E-state index in [2.05, 4.69) is 14.6 Å². The lowest BCUT2D eigenvalue weighted by Crippen LogP contribution is -2.55. The number of sulfonamides is 1. The zero-order valence-electron chi connectivity index (χ0n) is 20.9. The third-order valence-electron chi connectivity index (χ3n) is 6.78. The zero-order chi connectivity index (χ0) is 26.2. The molecule has 5 rings (SSSR count). The van der Waals surface area contributed by atoms with Crippen LogP contribution in [0.5, 0.6) is 5.75 Å². The van der Waals surface area contributed by atoms with E-state index in [9.17, 15) is 13.2 Å². The number of amides is 1. The predicted molar refractivity (Wildman–Crippen MR) is 146 cm³/mol. The van der Waals surface area contributed by atoms with E-state index in [0.717, 1.165) is 22.3 Å². The number of piperazine rings is 1. The van der Waals surface area contributed by atoms with Crippen LogP contribution in [-0.4, -0.2) is 61.6 Å². The highest BCUT2D eigenvalue weighted by Crippen LogP contribution is 2.28. The first-order valence-corrected chi connectivity index (χ1v) is 14.4. The van der Waals surface area contributed by atoms with Crippen molar-refractivity contribution in [3.05, 3.63) is 66.3 Å². The first-order chi connectivity index (χ1) is 17.8. The second-order valence-electron chi connectivity index (χ2n) is 9.09. The maximum absolute atomic E-state index is 13.5. The van der Waals surface area contributed by atoms with Gasteiger partial charge in [0.15, 0.2) is 5.13 Å². The number of nitrogens with one attached hydrogen (secondary N) is 1. The fourth-order valence-corrected chi connectivity index (χ4v) is 6.56. The van der Waals surface area contributed by atoms with Crippen molar-refractivity contribution in [1.82, 2.24) is 14.5 Å². The first kappa shape index (κ1) is 25.1. The Morgan fingerprint density at radius 1 is 1.16 bits per heavy atom. The van der Waals surface area contributed by atoms with Crippen molar-refractivity contribution in [2.24, 2.45) is 0 Å². The summed E-state index contributed by atoms with van der Waals surface area (Å²) in [5.41, 5.74) is 1.91. The molecule has 194 valence electrons. The summed E-state index contributed by atoms with van der Waals surface area (Å²) >= 11 is 1.23. The van der Waals surface area contributed by atoms with Gasteiger partial charge in [0, 0.05) is 60.0 Å². The molecule has 0 bridgehead atoms. The highest BCUT2D eigenvalue weighted by Gasteiger charge is 2.31. The maximum Gasteiger partial charge on any atom is 0.263 e. The number of thiazole rings is 1. The monoisotopic (exact) mass is 539 g/mol. The quantitative estimate of drug-likeness (QED) is 0.378. The van der Waals surface area contributed by atoms with Crippen LogP contribution in [0.25, 0.3) is 10.9 Å². The van der Waals surface area contributed by atoms with Crippen LogP contribution in [0.2, 0.25) is 0 Å². The van der Waals surface area contributed by atoms with Crippen molar-refractivity contribution < 1.29 is 17.9 Å². The normalized spacial score (nSPS) is 17.1. The molecule has 2 aromatic carbocycles. The van der Waals surface area contributed by atoms with Gasteiger partial charge in [-0.2, -0.15) is 0 Å². The summed E-state index contributed by atoms with van der Waals surface area (Å²) in [4.78, 5) is 21.8. The number of fused-ring (bicyclic) bond motifs is 1. The first-order valence-electron chi connectivity index (χ1n) is 12.0. The van der Waals surface area contributed by atoms with Gasteiger partial charge < -0.3 is 19.1 Å². The molecule has 0 saturated carbocycles. The number of carbonyl (C=O) groups excluding carboxylic acids is 1. The molecular formula is C26H29N5O4S2. The predicted octanol–water partition coefficient (Wildman–Crippen LogP) is 4.21. The summed E-state index contributed by atoms with van der Waals surface area (Å²) in [5.74, 6) is 0.866. The summed E-state index contributed by atoms with van der Waals surface area (Å²) in [7, 11) is -2.05. The summed E-state index contributed by atoms with van der Waals surface area (Å²) in [6.45, 7) is 5.89. The van der Waals surface area contributed by atoms with E-state index in [-0.39, 0.29) is 22.9 Å². The molecule has 0 radical (unpaired) electrons. The molecular weight excluding hydrogens is 510 g/mol. The van der Waals surface area contributed by atoms with E-state index in [4.69, 9.17) is 4.74 Å². The molecule has 1 N–H and O–H groups in total. The molecule has 1 aliphatic rings. The molecule has 0 aliphatic carbocycles. The molecule has 1 aliphatic heterocycles. The highest BCUT2D eigenvalue weighted by atomic mass is 32.2. The van der Waals surface area contributed by atoms with Crippen molar-refractivity contribution in [3.8, 4) is 5.75 Å². The van der Waals surface area contributed by atoms with E-state index in [1.165, 1.54) is 11.3 Å². The Labute approximate surface area is 220 Å². The van der Waals surface area contributed by atoms with Crippen LogP contribution >= 0.6 is 11.3 Å². The molecule has 2 atom stereocenters. The Kier molecular flexibility index (Phi) is 6.82. The van der Waals surface area contributed by atoms with Gasteiger partial charge in [0.1, 0.15) is 11.8 Å². The zero-order valence-corrected chi connectivity index (χ0v) is 22.5. The number of anilines is 2. The Balaban J connectivity index is 1.25. The Morgan fingerprint density at radius 2 is 1.95 bits per heavy atom. The number of rotatable bonds is 7. The lowest BCUT2D eigenvalue weighted by atomic mass is 10.1. The average Bonchev–Trinajstić information content (AvgIpc) is 3.57. The molecule has 2 aromatic heterocycles. The number of nitrogens with zero attached hydrogens (tertiary/aromatic N) is 4. The van der Waals surface area contributed by atoms with E-state index in [0.29, 0.717) is 24.8 Å². The van der Waals surface area contributed by atoms with Gasteiger partial charge in [-0.05, 0) is 62.4 Å². The van der Waals surface area contributed by atoms with Crippen LogP contribution in [0.15, 0.2) is 71.2 Å². The second kappa shape index (κ2) is 10.1. The molecule has 0 spiro atoms. The van der Waals surface area contributed by atoms with Crippen LogP contribution < -0.4 is 14.4 Å². The minimum Gasteiger partial charge on any atom is -0.497 e. The third-order valence-corrected chi connectivity index (χ3v) is 8.95. The van der Waals surface area contributed by atoms with E-state index >= 15 is 0 Å². The highest BCUT2D eigenvalue weighted by molar-refractivity contribution is 7.93. The van der Waals surface area contributed by atoms with E-state index in [1.807, 2.05) is 65.9 Å². The smallest absolute Gasteiger partial charge is 0.263 e. The number of hydrogen-bond donors (Lipinski definition) is 1. The van der Waals surface area contributed by atoms with Gasteiger partial charge in [0.05, 0.1) is 12.0 Å². The van der Waals surface area contributed by atoms with Crippen molar-refractivity contribution in [3.63, 3.8) is 0 Å². The van der Waals surface area contributed by atoms with Gasteiger partial charge in [0.25, 0.3) is 10.0 Å². The summed E-state index contributed by atoms with van der Waals surface area (Å²) in [6.07, 6.45) is 3.50. The fourth-order valence-electron chi connectivity index (χ4n) is 4.77. The van der Waals surface area contributed by atoms with Crippen LogP contribution in [0, 0.1) is 0 Å². The number of benzene rings is 2. The molecule has 1 amide bonds. The molecule has 2 unspecified atom stereocenters. The summed E-state index contributed by atoms with van der Waals surface area (Å²) in [6, 6.07) is 14.3. The van der Waals surface area contributed by atoms with Crippen molar-refractivity contribution >= 4 is 49.0 Å². The van der Waals surface area contributed by atoms with Crippen LogP contribution in [0.3, 0.4) is 0 Å². The number of hydrogen-bond acceptors (Lipinski definition) is 7. The SMILES string of the molecule is COc1ccc2c(ccn2C(C)C(=O)N2CCN(c3ccc(S(=O)(=O)Nc4nccs4)cc3)CC2C)c1. The van der Waals surface area contributed by atoms with Gasteiger partial charge in [0.2, 0.25) is 5.91 Å². The molecule has 11 heteroatoms. The number of methoxy groups -OCH3 is 1. The lowest BCUT2D eigenvalue weighted by molar-refractivity contribution is -0.136. The largest absolute Gasteiger partial charge is 0.497 e. The number of ether oxygens (including phenoxy) is 1. The Hall–Kier alpha value is -3.57. The minimum absolute atomic E-state index is 0.000555. The number of aromatic nitrogens is 2. The van der Waals surface area contributed by atoms with E-state index < -0.39 is 10.0 Å². The maximum atomic E-state index is 13.5. The minimum atomic E-state index is -3.70. The second-order valence-corrected chi connectivity index (χ2v) is 11.7. The van der Waals surface area contributed by atoms with Crippen molar-refractivity contribution in [2.45, 2.75) is 30.8 Å². The van der Waals surface area contributed by atoms with Gasteiger partial charge in [-0.3, -0.25) is 9.52 Å². The third kappa shape index (κ3) is 5.01. The van der Waals surface area contributed by atoms with Gasteiger partial charge in [-0.25, -0.2) is 13.4 Å². The molecule has 3 heterocycles.